The summed E-state index contributed by atoms with van der Waals surface area (Å²) >= 11 is 7.47. The molecule has 7 nitrogen and oxygen atoms in total. The fourth-order valence-electron chi connectivity index (χ4n) is 3.76. The van der Waals surface area contributed by atoms with Gasteiger partial charge in [-0.25, -0.2) is 0 Å². The van der Waals surface area contributed by atoms with Crippen LogP contribution in [0.2, 0.25) is 5.02 Å². The minimum atomic E-state index is -0.683. The number of hydrogen-bond acceptors (Lipinski definition) is 5. The number of nitrogens with zero attached hydrogens (tertiary/aromatic N) is 2. The van der Waals surface area contributed by atoms with Crippen LogP contribution in [0.25, 0.3) is 0 Å². The standard InChI is InChI=1S/C28H30ClN3O4S/c1-2-16-30-28(34)26(17-21-6-4-3-5-7-21)31(18-22-8-12-24(29)13-9-22)27(33)20-37-19-23-10-14-25(15-11-23)32(35)36/h3-15,26H,2,16-20H2,1H3,(H,30,34). The lowest BCUT2D eigenvalue weighted by molar-refractivity contribution is -0.384. The molecule has 194 valence electrons. The topological polar surface area (TPSA) is 92.6 Å². The van der Waals surface area contributed by atoms with Crippen LogP contribution in [-0.4, -0.2) is 40.0 Å². The van der Waals surface area contributed by atoms with Crippen molar-refractivity contribution in [1.29, 1.82) is 0 Å². The molecule has 0 aromatic heterocycles. The summed E-state index contributed by atoms with van der Waals surface area (Å²) < 4.78 is 0. The summed E-state index contributed by atoms with van der Waals surface area (Å²) in [7, 11) is 0. The van der Waals surface area contributed by atoms with Gasteiger partial charge in [-0.1, -0.05) is 73.1 Å². The van der Waals surface area contributed by atoms with Crippen LogP contribution in [0.1, 0.15) is 30.0 Å². The SMILES string of the molecule is CCCNC(=O)C(Cc1ccccc1)N(Cc1ccc(Cl)cc1)C(=O)CSCc1ccc([N+](=O)[O-])cc1. The highest BCUT2D eigenvalue weighted by molar-refractivity contribution is 7.99. The highest BCUT2D eigenvalue weighted by Gasteiger charge is 2.30. The number of rotatable bonds is 13. The third-order valence-electron chi connectivity index (χ3n) is 5.73. The van der Waals surface area contributed by atoms with E-state index in [1.54, 1.807) is 29.2 Å². The monoisotopic (exact) mass is 539 g/mol. The Bertz CT molecular complexity index is 1170. The molecule has 3 rings (SSSR count). The molecular weight excluding hydrogens is 510 g/mol. The number of amides is 2. The van der Waals surface area contributed by atoms with Crippen LogP contribution in [0.15, 0.2) is 78.9 Å². The van der Waals surface area contributed by atoms with Gasteiger partial charge < -0.3 is 10.2 Å². The molecule has 0 aliphatic carbocycles. The summed E-state index contributed by atoms with van der Waals surface area (Å²) in [6, 6.07) is 22.5. The average molecular weight is 540 g/mol. The number of carbonyl (C=O) groups is 2. The van der Waals surface area contributed by atoms with Crippen molar-refractivity contribution >= 4 is 40.9 Å². The molecule has 0 bridgehead atoms. The molecule has 3 aromatic rings. The van der Waals surface area contributed by atoms with Gasteiger partial charge in [0.15, 0.2) is 0 Å². The van der Waals surface area contributed by atoms with Gasteiger partial charge in [-0.2, -0.15) is 0 Å². The van der Waals surface area contributed by atoms with Crippen molar-refractivity contribution < 1.29 is 14.5 Å². The third-order valence-corrected chi connectivity index (χ3v) is 6.97. The van der Waals surface area contributed by atoms with E-state index >= 15 is 0 Å². The number of thioether (sulfide) groups is 1. The number of non-ortho nitro benzene ring substituents is 1. The second kappa shape index (κ2) is 14.4. The lowest BCUT2D eigenvalue weighted by atomic mass is 10.0. The maximum absolute atomic E-state index is 13.6. The van der Waals surface area contributed by atoms with Gasteiger partial charge in [-0.3, -0.25) is 19.7 Å². The van der Waals surface area contributed by atoms with E-state index in [0.29, 0.717) is 23.7 Å². The van der Waals surface area contributed by atoms with Crippen molar-refractivity contribution in [3.8, 4) is 0 Å². The van der Waals surface area contributed by atoms with Crippen molar-refractivity contribution in [2.24, 2.45) is 0 Å². The molecular formula is C28H30ClN3O4S. The van der Waals surface area contributed by atoms with Crippen molar-refractivity contribution in [1.82, 2.24) is 10.2 Å². The molecule has 0 radical (unpaired) electrons. The predicted octanol–water partition coefficient (Wildman–Crippen LogP) is 5.65. The minimum absolute atomic E-state index is 0.0285. The van der Waals surface area contributed by atoms with Gasteiger partial charge in [0.25, 0.3) is 5.69 Å². The predicted molar refractivity (Wildman–Crippen MR) is 148 cm³/mol. The molecule has 0 saturated carbocycles. The van der Waals surface area contributed by atoms with E-state index in [2.05, 4.69) is 5.32 Å². The quantitative estimate of drug-likeness (QED) is 0.224. The zero-order valence-electron chi connectivity index (χ0n) is 20.6. The maximum atomic E-state index is 13.6. The van der Waals surface area contributed by atoms with E-state index in [1.807, 2.05) is 49.4 Å². The Balaban J connectivity index is 1.80. The zero-order valence-corrected chi connectivity index (χ0v) is 22.2. The van der Waals surface area contributed by atoms with E-state index in [4.69, 9.17) is 11.6 Å². The summed E-state index contributed by atoms with van der Waals surface area (Å²) in [5, 5.41) is 14.4. The number of halogens is 1. The number of nitrogens with one attached hydrogen (secondary N) is 1. The first kappa shape index (κ1) is 28.2. The van der Waals surface area contributed by atoms with Crippen LogP contribution in [0.4, 0.5) is 5.69 Å². The summed E-state index contributed by atoms with van der Waals surface area (Å²) in [5.41, 5.74) is 2.75. The Morgan fingerprint density at radius 3 is 2.24 bits per heavy atom. The average Bonchev–Trinajstić information content (AvgIpc) is 2.91. The zero-order chi connectivity index (χ0) is 26.6. The van der Waals surface area contributed by atoms with E-state index in [-0.39, 0.29) is 29.8 Å². The van der Waals surface area contributed by atoms with Crippen LogP contribution in [-0.2, 0) is 28.3 Å². The first-order valence-electron chi connectivity index (χ1n) is 12.0. The number of hydrogen-bond donors (Lipinski definition) is 1. The lowest BCUT2D eigenvalue weighted by Gasteiger charge is -2.31. The van der Waals surface area contributed by atoms with Crippen molar-refractivity contribution in [3.05, 3.63) is 111 Å². The first-order chi connectivity index (χ1) is 17.9. The van der Waals surface area contributed by atoms with Crippen LogP contribution in [0.5, 0.6) is 0 Å². The molecule has 2 amide bonds. The van der Waals surface area contributed by atoms with E-state index in [1.165, 1.54) is 23.9 Å². The summed E-state index contributed by atoms with van der Waals surface area (Å²) in [5.74, 6) is 0.337. The Hall–Kier alpha value is -3.36. The molecule has 0 fully saturated rings. The van der Waals surface area contributed by atoms with Gasteiger partial charge in [-0.05, 0) is 35.2 Å². The Morgan fingerprint density at radius 2 is 1.62 bits per heavy atom. The van der Waals surface area contributed by atoms with E-state index in [0.717, 1.165) is 23.1 Å². The smallest absolute Gasteiger partial charge is 0.269 e. The Labute approximate surface area is 226 Å². The molecule has 9 heteroatoms. The van der Waals surface area contributed by atoms with Crippen LogP contribution < -0.4 is 5.32 Å². The van der Waals surface area contributed by atoms with Gasteiger partial charge in [0.1, 0.15) is 6.04 Å². The number of nitro groups is 1. The van der Waals surface area contributed by atoms with E-state index < -0.39 is 11.0 Å². The molecule has 37 heavy (non-hydrogen) atoms. The van der Waals surface area contributed by atoms with Crippen molar-refractivity contribution in [2.75, 3.05) is 12.3 Å². The van der Waals surface area contributed by atoms with Crippen molar-refractivity contribution in [3.63, 3.8) is 0 Å². The number of benzene rings is 3. The largest absolute Gasteiger partial charge is 0.354 e. The third kappa shape index (κ3) is 8.91. The lowest BCUT2D eigenvalue weighted by Crippen LogP contribution is -2.51. The second-order valence-electron chi connectivity index (χ2n) is 8.56. The maximum Gasteiger partial charge on any atom is 0.269 e. The molecule has 1 N–H and O–H groups in total. The molecule has 0 aliphatic heterocycles. The first-order valence-corrected chi connectivity index (χ1v) is 13.6. The number of nitro benzene ring substituents is 1. The summed E-state index contributed by atoms with van der Waals surface area (Å²) in [6.07, 6.45) is 1.18. The van der Waals surface area contributed by atoms with Gasteiger partial charge in [0.2, 0.25) is 11.8 Å². The van der Waals surface area contributed by atoms with Crippen LogP contribution >= 0.6 is 23.4 Å². The minimum Gasteiger partial charge on any atom is -0.354 e. The van der Waals surface area contributed by atoms with Crippen LogP contribution in [0, 0.1) is 10.1 Å². The summed E-state index contributed by atoms with van der Waals surface area (Å²) in [4.78, 5) is 38.9. The summed E-state index contributed by atoms with van der Waals surface area (Å²) in [6.45, 7) is 2.78. The molecule has 1 unspecified atom stereocenters. The van der Waals surface area contributed by atoms with E-state index in [9.17, 15) is 19.7 Å². The fourth-order valence-corrected chi connectivity index (χ4v) is 4.76. The molecule has 0 heterocycles. The molecule has 0 spiro atoms. The van der Waals surface area contributed by atoms with Gasteiger partial charge in [-0.15, -0.1) is 11.8 Å². The Kier molecular flexibility index (Phi) is 11.0. The van der Waals surface area contributed by atoms with Gasteiger partial charge in [0, 0.05) is 42.4 Å². The second-order valence-corrected chi connectivity index (χ2v) is 9.98. The van der Waals surface area contributed by atoms with Gasteiger partial charge in [0.05, 0.1) is 10.7 Å². The molecule has 0 aliphatic rings. The molecule has 1 atom stereocenters. The fraction of sp³-hybridized carbons (Fsp3) is 0.286. The number of carbonyl (C=O) groups excluding carboxylic acids is 2. The highest BCUT2D eigenvalue weighted by Crippen LogP contribution is 2.20. The highest BCUT2D eigenvalue weighted by atomic mass is 35.5. The van der Waals surface area contributed by atoms with Crippen molar-refractivity contribution in [2.45, 2.75) is 38.1 Å². The molecule has 3 aromatic carbocycles. The van der Waals surface area contributed by atoms with Crippen LogP contribution in [0.3, 0.4) is 0 Å². The van der Waals surface area contributed by atoms with Gasteiger partial charge >= 0.3 is 0 Å². The Morgan fingerprint density at radius 1 is 0.973 bits per heavy atom. The normalized spacial score (nSPS) is 11.5. The molecule has 0 saturated heterocycles.